The Morgan fingerprint density at radius 2 is 2.31 bits per heavy atom. The minimum Gasteiger partial charge on any atom is -0.387 e. The van der Waals surface area contributed by atoms with Crippen LogP contribution in [0.3, 0.4) is 0 Å². The van der Waals surface area contributed by atoms with Crippen molar-refractivity contribution in [3.05, 3.63) is 24.0 Å². The number of carbonyl (C=O) groups is 1. The van der Waals surface area contributed by atoms with Crippen molar-refractivity contribution in [2.45, 2.75) is 19.4 Å². The van der Waals surface area contributed by atoms with Crippen molar-refractivity contribution < 1.29 is 9.90 Å². The molecule has 0 spiro atoms. The quantitative estimate of drug-likeness (QED) is 0.759. The van der Waals surface area contributed by atoms with Crippen LogP contribution in [0.5, 0.6) is 0 Å². The van der Waals surface area contributed by atoms with Crippen LogP contribution in [0.1, 0.15) is 25.1 Å². The number of nitrogens with zero attached hydrogens (tertiary/aromatic N) is 2. The number of pyridine rings is 1. The van der Waals surface area contributed by atoms with Crippen LogP contribution in [0.25, 0.3) is 0 Å². The first-order valence-electron chi connectivity index (χ1n) is 5.18. The van der Waals surface area contributed by atoms with Crippen molar-refractivity contribution in [2.75, 3.05) is 18.5 Å². The van der Waals surface area contributed by atoms with Gasteiger partial charge in [0.15, 0.2) is 0 Å². The Balaban J connectivity index is 2.74. The molecule has 5 nitrogen and oxygen atoms in total. The summed E-state index contributed by atoms with van der Waals surface area (Å²) < 4.78 is 0. The lowest BCUT2D eigenvalue weighted by Crippen LogP contribution is -2.30. The lowest BCUT2D eigenvalue weighted by molar-refractivity contribution is -0.116. The first-order valence-corrected chi connectivity index (χ1v) is 5.18. The standard InChI is InChI=1S/C11H17N3O2/c1-3-10(15)9-5-4-8(6-13-9)14(2)7-11(12)16/h4-6,10,15H,3,7H2,1-2H3,(H2,12,16)/t10-/m0/s1. The lowest BCUT2D eigenvalue weighted by Gasteiger charge is -2.17. The van der Waals surface area contributed by atoms with Crippen LogP contribution in [-0.4, -0.2) is 29.6 Å². The van der Waals surface area contributed by atoms with Gasteiger partial charge in [-0.15, -0.1) is 0 Å². The van der Waals surface area contributed by atoms with E-state index in [9.17, 15) is 9.90 Å². The first kappa shape index (κ1) is 12.4. The van der Waals surface area contributed by atoms with Gasteiger partial charge in [0.1, 0.15) is 0 Å². The predicted molar refractivity (Wildman–Crippen MR) is 62.0 cm³/mol. The highest BCUT2D eigenvalue weighted by Gasteiger charge is 2.08. The van der Waals surface area contributed by atoms with E-state index in [1.807, 2.05) is 13.0 Å². The number of aliphatic hydroxyl groups is 1. The fourth-order valence-electron chi connectivity index (χ4n) is 1.35. The number of hydrogen-bond acceptors (Lipinski definition) is 4. The van der Waals surface area contributed by atoms with E-state index in [1.165, 1.54) is 0 Å². The Hall–Kier alpha value is -1.62. The zero-order valence-corrected chi connectivity index (χ0v) is 9.55. The zero-order chi connectivity index (χ0) is 12.1. The minimum atomic E-state index is -0.532. The molecule has 0 aromatic carbocycles. The number of rotatable bonds is 5. The normalized spacial score (nSPS) is 12.2. The van der Waals surface area contributed by atoms with Crippen molar-refractivity contribution in [3.63, 3.8) is 0 Å². The number of hydrogen-bond donors (Lipinski definition) is 2. The molecule has 0 aliphatic carbocycles. The Labute approximate surface area is 94.9 Å². The Kier molecular flexibility index (Phi) is 4.25. The number of likely N-dealkylation sites (N-methyl/N-ethyl adjacent to an activating group) is 1. The van der Waals surface area contributed by atoms with Crippen LogP contribution in [0.4, 0.5) is 5.69 Å². The van der Waals surface area contributed by atoms with E-state index in [0.717, 1.165) is 5.69 Å². The summed E-state index contributed by atoms with van der Waals surface area (Å²) in [6, 6.07) is 3.56. The molecule has 1 aromatic rings. The highest BCUT2D eigenvalue weighted by molar-refractivity contribution is 5.79. The second-order valence-corrected chi connectivity index (χ2v) is 3.69. The maximum Gasteiger partial charge on any atom is 0.236 e. The molecule has 1 rings (SSSR count). The van der Waals surface area contributed by atoms with Gasteiger partial charge in [-0.25, -0.2) is 0 Å². The van der Waals surface area contributed by atoms with Crippen LogP contribution >= 0.6 is 0 Å². The van der Waals surface area contributed by atoms with Gasteiger partial charge >= 0.3 is 0 Å². The summed E-state index contributed by atoms with van der Waals surface area (Å²) in [6.45, 7) is 2.04. The number of amides is 1. The van der Waals surface area contributed by atoms with E-state index in [1.54, 1.807) is 24.2 Å². The van der Waals surface area contributed by atoms with E-state index in [0.29, 0.717) is 12.1 Å². The number of anilines is 1. The summed E-state index contributed by atoms with van der Waals surface area (Å²) in [6.07, 6.45) is 1.72. The summed E-state index contributed by atoms with van der Waals surface area (Å²) in [5, 5.41) is 9.55. The van der Waals surface area contributed by atoms with E-state index < -0.39 is 6.10 Å². The maximum atomic E-state index is 10.7. The smallest absolute Gasteiger partial charge is 0.236 e. The molecular weight excluding hydrogens is 206 g/mol. The largest absolute Gasteiger partial charge is 0.387 e. The van der Waals surface area contributed by atoms with Crippen molar-refractivity contribution in [1.29, 1.82) is 0 Å². The molecule has 88 valence electrons. The van der Waals surface area contributed by atoms with Gasteiger partial charge in [-0.2, -0.15) is 0 Å². The van der Waals surface area contributed by atoms with Gasteiger partial charge in [-0.3, -0.25) is 9.78 Å². The molecule has 1 aromatic heterocycles. The number of aromatic nitrogens is 1. The first-order chi connectivity index (χ1) is 7.54. The molecule has 0 saturated heterocycles. The monoisotopic (exact) mass is 223 g/mol. The third-order valence-electron chi connectivity index (χ3n) is 2.33. The molecule has 1 atom stereocenters. The molecule has 3 N–H and O–H groups in total. The van der Waals surface area contributed by atoms with Gasteiger partial charge in [0, 0.05) is 7.05 Å². The highest BCUT2D eigenvalue weighted by atomic mass is 16.3. The Bertz CT molecular complexity index is 351. The van der Waals surface area contributed by atoms with Gasteiger partial charge in [0.2, 0.25) is 5.91 Å². The van der Waals surface area contributed by atoms with Crippen LogP contribution in [-0.2, 0) is 4.79 Å². The van der Waals surface area contributed by atoms with Crippen LogP contribution < -0.4 is 10.6 Å². The molecule has 0 radical (unpaired) electrons. The topological polar surface area (TPSA) is 79.5 Å². The van der Waals surface area contributed by atoms with Gasteiger partial charge in [-0.05, 0) is 18.6 Å². The van der Waals surface area contributed by atoms with Gasteiger partial charge in [-0.1, -0.05) is 6.92 Å². The molecular formula is C11H17N3O2. The molecule has 0 aliphatic rings. The van der Waals surface area contributed by atoms with Crippen LogP contribution in [0.2, 0.25) is 0 Å². The zero-order valence-electron chi connectivity index (χ0n) is 9.55. The number of aliphatic hydroxyl groups excluding tert-OH is 1. The minimum absolute atomic E-state index is 0.150. The highest BCUT2D eigenvalue weighted by Crippen LogP contribution is 2.17. The van der Waals surface area contributed by atoms with E-state index in [4.69, 9.17) is 5.73 Å². The van der Waals surface area contributed by atoms with Gasteiger partial charge in [0.25, 0.3) is 0 Å². The maximum absolute atomic E-state index is 10.7. The molecule has 0 aliphatic heterocycles. The number of carbonyl (C=O) groups excluding carboxylic acids is 1. The Morgan fingerprint density at radius 1 is 1.62 bits per heavy atom. The van der Waals surface area contributed by atoms with Crippen molar-refractivity contribution >= 4 is 11.6 Å². The molecule has 0 bridgehead atoms. The fraction of sp³-hybridized carbons (Fsp3) is 0.455. The second kappa shape index (κ2) is 5.46. The van der Waals surface area contributed by atoms with E-state index >= 15 is 0 Å². The van der Waals surface area contributed by atoms with Crippen LogP contribution in [0.15, 0.2) is 18.3 Å². The molecule has 16 heavy (non-hydrogen) atoms. The van der Waals surface area contributed by atoms with E-state index in [-0.39, 0.29) is 12.5 Å². The fourth-order valence-corrected chi connectivity index (χ4v) is 1.35. The average molecular weight is 223 g/mol. The van der Waals surface area contributed by atoms with Gasteiger partial charge < -0.3 is 15.7 Å². The molecule has 5 heteroatoms. The second-order valence-electron chi connectivity index (χ2n) is 3.69. The third-order valence-corrected chi connectivity index (χ3v) is 2.33. The van der Waals surface area contributed by atoms with Crippen molar-refractivity contribution in [2.24, 2.45) is 5.73 Å². The van der Waals surface area contributed by atoms with Crippen LogP contribution in [0, 0.1) is 0 Å². The molecule has 0 saturated carbocycles. The third kappa shape index (κ3) is 3.20. The summed E-state index contributed by atoms with van der Waals surface area (Å²) in [5.74, 6) is -0.389. The van der Waals surface area contributed by atoms with Crippen molar-refractivity contribution in [1.82, 2.24) is 4.98 Å². The molecule has 1 heterocycles. The summed E-state index contributed by atoms with van der Waals surface area (Å²) in [5.41, 5.74) is 6.52. The molecule has 0 unspecified atom stereocenters. The SMILES string of the molecule is CC[C@H](O)c1ccc(N(C)CC(N)=O)cn1. The van der Waals surface area contributed by atoms with E-state index in [2.05, 4.69) is 4.98 Å². The summed E-state index contributed by atoms with van der Waals surface area (Å²) in [4.78, 5) is 16.6. The Morgan fingerprint density at radius 3 is 2.75 bits per heavy atom. The molecule has 0 fully saturated rings. The predicted octanol–water partition coefficient (Wildman–Crippen LogP) is 0.446. The lowest BCUT2D eigenvalue weighted by atomic mass is 10.2. The number of primary amides is 1. The van der Waals surface area contributed by atoms with Gasteiger partial charge in [0.05, 0.1) is 30.2 Å². The van der Waals surface area contributed by atoms with Crippen molar-refractivity contribution in [3.8, 4) is 0 Å². The number of nitrogens with two attached hydrogens (primary N) is 1. The summed E-state index contributed by atoms with van der Waals surface area (Å²) >= 11 is 0. The molecule has 1 amide bonds. The average Bonchev–Trinajstić information content (AvgIpc) is 2.27. The summed E-state index contributed by atoms with van der Waals surface area (Å²) in [7, 11) is 1.76.